The highest BCUT2D eigenvalue weighted by Crippen LogP contribution is 2.11. The van der Waals surface area contributed by atoms with Crippen LogP contribution in [0, 0.1) is 5.92 Å². The van der Waals surface area contributed by atoms with Gasteiger partial charge >= 0.3 is 0 Å². The zero-order valence-electron chi connectivity index (χ0n) is 12.7. The molecule has 1 rings (SSSR count). The molecule has 1 saturated heterocycles. The van der Waals surface area contributed by atoms with Crippen molar-refractivity contribution in [3.05, 3.63) is 0 Å². The van der Waals surface area contributed by atoms with E-state index in [-0.39, 0.29) is 11.8 Å². The van der Waals surface area contributed by atoms with Crippen molar-refractivity contribution >= 4 is 11.8 Å². The summed E-state index contributed by atoms with van der Waals surface area (Å²) in [6.45, 7) is 8.84. The Morgan fingerprint density at radius 2 is 1.68 bits per heavy atom. The molecule has 110 valence electrons. The van der Waals surface area contributed by atoms with E-state index in [0.29, 0.717) is 18.9 Å². The topological polar surface area (TPSA) is 40.6 Å². The van der Waals surface area contributed by atoms with Crippen LogP contribution < -0.4 is 0 Å². The molecule has 0 radical (unpaired) electrons. The van der Waals surface area contributed by atoms with Crippen molar-refractivity contribution in [1.29, 1.82) is 0 Å². The van der Waals surface area contributed by atoms with Crippen LogP contribution in [0.15, 0.2) is 0 Å². The number of hydrogen-bond acceptors (Lipinski definition) is 2. The summed E-state index contributed by atoms with van der Waals surface area (Å²) in [5, 5.41) is 0. The smallest absolute Gasteiger partial charge is 0.224 e. The SMILES string of the molecule is CC(=O)N(CCC(=O)N1CCCCCC1)CC(C)C. The van der Waals surface area contributed by atoms with Gasteiger partial charge in [0.25, 0.3) is 0 Å². The van der Waals surface area contributed by atoms with Crippen molar-refractivity contribution in [1.82, 2.24) is 9.80 Å². The van der Waals surface area contributed by atoms with Crippen molar-refractivity contribution < 1.29 is 9.59 Å². The predicted octanol–water partition coefficient (Wildman–Crippen LogP) is 2.28. The van der Waals surface area contributed by atoms with Crippen molar-refractivity contribution in [2.75, 3.05) is 26.2 Å². The molecular formula is C15H28N2O2. The van der Waals surface area contributed by atoms with Crippen molar-refractivity contribution in [2.24, 2.45) is 5.92 Å². The van der Waals surface area contributed by atoms with Crippen LogP contribution in [0.3, 0.4) is 0 Å². The first-order chi connectivity index (χ1) is 9.00. The Kier molecular flexibility index (Phi) is 6.89. The van der Waals surface area contributed by atoms with Crippen molar-refractivity contribution in [2.45, 2.75) is 52.9 Å². The standard InChI is InChI=1S/C15H28N2O2/c1-13(2)12-17(14(3)18)11-8-15(19)16-9-6-4-5-7-10-16/h13H,4-12H2,1-3H3. The number of carbonyl (C=O) groups is 2. The second-order valence-electron chi connectivity index (χ2n) is 5.90. The van der Waals surface area contributed by atoms with Gasteiger partial charge in [0.15, 0.2) is 0 Å². The normalized spacial score (nSPS) is 16.3. The third-order valence-electron chi connectivity index (χ3n) is 3.59. The van der Waals surface area contributed by atoms with E-state index in [1.54, 1.807) is 11.8 Å². The van der Waals surface area contributed by atoms with Gasteiger partial charge in [0.05, 0.1) is 0 Å². The molecule has 19 heavy (non-hydrogen) atoms. The summed E-state index contributed by atoms with van der Waals surface area (Å²) in [4.78, 5) is 27.4. The molecule has 1 fully saturated rings. The van der Waals surface area contributed by atoms with E-state index in [1.165, 1.54) is 12.8 Å². The molecule has 0 bridgehead atoms. The van der Waals surface area contributed by atoms with Crippen LogP contribution in [0.2, 0.25) is 0 Å². The van der Waals surface area contributed by atoms with Crippen LogP contribution >= 0.6 is 0 Å². The molecule has 1 aliphatic rings. The molecule has 2 amide bonds. The van der Waals surface area contributed by atoms with Gasteiger partial charge < -0.3 is 9.80 Å². The maximum absolute atomic E-state index is 12.2. The van der Waals surface area contributed by atoms with Gasteiger partial charge in [-0.2, -0.15) is 0 Å². The summed E-state index contributed by atoms with van der Waals surface area (Å²) in [5.41, 5.74) is 0. The first kappa shape index (κ1) is 16.0. The molecule has 1 aliphatic heterocycles. The molecule has 0 aromatic rings. The minimum absolute atomic E-state index is 0.0670. The molecule has 0 saturated carbocycles. The second kappa shape index (κ2) is 8.18. The van der Waals surface area contributed by atoms with Gasteiger partial charge in [0, 0.05) is 39.5 Å². The van der Waals surface area contributed by atoms with Gasteiger partial charge in [-0.05, 0) is 18.8 Å². The van der Waals surface area contributed by atoms with Crippen LogP contribution in [0.4, 0.5) is 0 Å². The summed E-state index contributed by atoms with van der Waals surface area (Å²) < 4.78 is 0. The number of likely N-dealkylation sites (tertiary alicyclic amines) is 1. The van der Waals surface area contributed by atoms with E-state index in [0.717, 1.165) is 32.5 Å². The van der Waals surface area contributed by atoms with Crippen LogP contribution in [-0.4, -0.2) is 47.8 Å². The maximum Gasteiger partial charge on any atom is 0.224 e. The molecule has 0 unspecified atom stereocenters. The largest absolute Gasteiger partial charge is 0.343 e. The quantitative estimate of drug-likeness (QED) is 0.767. The van der Waals surface area contributed by atoms with Gasteiger partial charge in [-0.15, -0.1) is 0 Å². The first-order valence-corrected chi connectivity index (χ1v) is 7.54. The highest BCUT2D eigenvalue weighted by atomic mass is 16.2. The Hall–Kier alpha value is -1.06. The molecule has 0 aromatic carbocycles. The van der Waals surface area contributed by atoms with E-state index in [1.807, 2.05) is 4.90 Å². The third-order valence-corrected chi connectivity index (χ3v) is 3.59. The Balaban J connectivity index is 2.39. The number of amides is 2. The lowest BCUT2D eigenvalue weighted by Gasteiger charge is -2.25. The second-order valence-corrected chi connectivity index (χ2v) is 5.90. The van der Waals surface area contributed by atoms with Gasteiger partial charge in [0.2, 0.25) is 11.8 Å². The summed E-state index contributed by atoms with van der Waals surface area (Å²) in [6, 6.07) is 0. The number of carbonyl (C=O) groups excluding carboxylic acids is 2. The van der Waals surface area contributed by atoms with Gasteiger partial charge in [-0.1, -0.05) is 26.7 Å². The maximum atomic E-state index is 12.2. The highest BCUT2D eigenvalue weighted by Gasteiger charge is 2.17. The summed E-state index contributed by atoms with van der Waals surface area (Å²) in [7, 11) is 0. The minimum atomic E-state index is 0.0670. The Morgan fingerprint density at radius 3 is 2.16 bits per heavy atom. The van der Waals surface area contributed by atoms with Gasteiger partial charge in [0.1, 0.15) is 0 Å². The fourth-order valence-corrected chi connectivity index (χ4v) is 2.53. The number of rotatable bonds is 5. The number of hydrogen-bond donors (Lipinski definition) is 0. The number of nitrogens with zero attached hydrogens (tertiary/aromatic N) is 2. The summed E-state index contributed by atoms with van der Waals surface area (Å²) in [5.74, 6) is 0.714. The van der Waals surface area contributed by atoms with E-state index in [9.17, 15) is 9.59 Å². The van der Waals surface area contributed by atoms with Crippen LogP contribution in [0.25, 0.3) is 0 Å². The third kappa shape index (κ3) is 6.08. The van der Waals surface area contributed by atoms with E-state index < -0.39 is 0 Å². The Labute approximate surface area is 117 Å². The molecule has 4 nitrogen and oxygen atoms in total. The monoisotopic (exact) mass is 268 g/mol. The van der Waals surface area contributed by atoms with Crippen molar-refractivity contribution in [3.8, 4) is 0 Å². The highest BCUT2D eigenvalue weighted by molar-refractivity contribution is 5.78. The molecule has 0 N–H and O–H groups in total. The molecule has 1 heterocycles. The molecular weight excluding hydrogens is 240 g/mol. The van der Waals surface area contributed by atoms with Crippen LogP contribution in [0.5, 0.6) is 0 Å². The lowest BCUT2D eigenvalue weighted by Crippen LogP contribution is -2.38. The zero-order valence-corrected chi connectivity index (χ0v) is 12.7. The van der Waals surface area contributed by atoms with Gasteiger partial charge in [-0.25, -0.2) is 0 Å². The minimum Gasteiger partial charge on any atom is -0.343 e. The molecule has 0 aromatic heterocycles. The lowest BCUT2D eigenvalue weighted by molar-refractivity contribution is -0.133. The molecule has 0 atom stereocenters. The predicted molar refractivity (Wildman–Crippen MR) is 76.8 cm³/mol. The molecule has 4 heteroatoms. The summed E-state index contributed by atoms with van der Waals surface area (Å²) >= 11 is 0. The van der Waals surface area contributed by atoms with Crippen LogP contribution in [-0.2, 0) is 9.59 Å². The van der Waals surface area contributed by atoms with E-state index in [2.05, 4.69) is 13.8 Å². The Bertz CT molecular complexity index is 295. The average molecular weight is 268 g/mol. The van der Waals surface area contributed by atoms with Crippen molar-refractivity contribution in [3.63, 3.8) is 0 Å². The summed E-state index contributed by atoms with van der Waals surface area (Å²) in [6.07, 6.45) is 5.17. The fourth-order valence-electron chi connectivity index (χ4n) is 2.53. The average Bonchev–Trinajstić information content (AvgIpc) is 2.62. The van der Waals surface area contributed by atoms with E-state index >= 15 is 0 Å². The fraction of sp³-hybridized carbons (Fsp3) is 0.867. The Morgan fingerprint density at radius 1 is 1.11 bits per heavy atom. The molecule has 0 spiro atoms. The zero-order chi connectivity index (χ0) is 14.3. The molecule has 0 aliphatic carbocycles. The van der Waals surface area contributed by atoms with E-state index in [4.69, 9.17) is 0 Å². The lowest BCUT2D eigenvalue weighted by atomic mass is 10.2. The van der Waals surface area contributed by atoms with Crippen LogP contribution in [0.1, 0.15) is 52.9 Å². The first-order valence-electron chi connectivity index (χ1n) is 7.54. The van der Waals surface area contributed by atoms with Gasteiger partial charge in [-0.3, -0.25) is 9.59 Å².